The van der Waals surface area contributed by atoms with Crippen LogP contribution >= 0.6 is 0 Å². The highest BCUT2D eigenvalue weighted by Gasteiger charge is 2.25. The number of morpholine rings is 1. The molecule has 2 rings (SSSR count). The zero-order valence-corrected chi connectivity index (χ0v) is 12.3. The van der Waals surface area contributed by atoms with Gasteiger partial charge in [-0.2, -0.15) is 0 Å². The van der Waals surface area contributed by atoms with Crippen LogP contribution in [0.5, 0.6) is 0 Å². The lowest BCUT2D eigenvalue weighted by Crippen LogP contribution is -2.46. The maximum atomic E-state index is 12.2. The van der Waals surface area contributed by atoms with E-state index in [-0.39, 0.29) is 24.4 Å². The first-order chi connectivity index (χ1) is 10.2. The standard InChI is InChI=1S/C16H21NO4/c1-20-16(19)11-14-12-17(9-10-21-14)15(18)8-7-13-5-3-2-4-6-13/h2-6,14H,7-12H2,1H3. The molecule has 1 aliphatic heterocycles. The topological polar surface area (TPSA) is 55.8 Å². The summed E-state index contributed by atoms with van der Waals surface area (Å²) in [5.41, 5.74) is 1.16. The van der Waals surface area contributed by atoms with Crippen molar-refractivity contribution in [3.63, 3.8) is 0 Å². The predicted octanol–water partition coefficient (Wildman–Crippen LogP) is 1.41. The Bertz CT molecular complexity index is 474. The number of esters is 1. The molecule has 1 unspecified atom stereocenters. The van der Waals surface area contributed by atoms with Crippen molar-refractivity contribution in [1.82, 2.24) is 4.90 Å². The number of methoxy groups -OCH3 is 1. The van der Waals surface area contributed by atoms with E-state index in [4.69, 9.17) is 4.74 Å². The number of carbonyl (C=O) groups excluding carboxylic acids is 2. The van der Waals surface area contributed by atoms with Gasteiger partial charge in [0, 0.05) is 19.5 Å². The number of benzene rings is 1. The monoisotopic (exact) mass is 291 g/mol. The van der Waals surface area contributed by atoms with Crippen LogP contribution in [0.25, 0.3) is 0 Å². The highest BCUT2D eigenvalue weighted by Crippen LogP contribution is 2.12. The van der Waals surface area contributed by atoms with Crippen molar-refractivity contribution in [2.75, 3.05) is 26.8 Å². The average Bonchev–Trinajstić information content (AvgIpc) is 2.53. The van der Waals surface area contributed by atoms with E-state index in [0.29, 0.717) is 26.1 Å². The number of carbonyl (C=O) groups is 2. The average molecular weight is 291 g/mol. The van der Waals surface area contributed by atoms with Crippen molar-refractivity contribution in [1.29, 1.82) is 0 Å². The SMILES string of the molecule is COC(=O)CC1CN(C(=O)CCc2ccccc2)CCO1. The predicted molar refractivity (Wildman–Crippen MR) is 77.7 cm³/mol. The van der Waals surface area contributed by atoms with Crippen LogP contribution < -0.4 is 0 Å². The molecule has 0 radical (unpaired) electrons. The molecule has 1 aliphatic rings. The molecule has 1 aromatic rings. The molecule has 1 heterocycles. The van der Waals surface area contributed by atoms with Crippen LogP contribution in [0.2, 0.25) is 0 Å². The highest BCUT2D eigenvalue weighted by atomic mass is 16.5. The summed E-state index contributed by atoms with van der Waals surface area (Å²) in [5.74, 6) is -0.199. The molecule has 1 fully saturated rings. The maximum absolute atomic E-state index is 12.2. The Balaban J connectivity index is 1.80. The van der Waals surface area contributed by atoms with Gasteiger partial charge in [-0.1, -0.05) is 30.3 Å². The minimum Gasteiger partial charge on any atom is -0.469 e. The van der Waals surface area contributed by atoms with E-state index in [9.17, 15) is 9.59 Å². The first-order valence-corrected chi connectivity index (χ1v) is 7.19. The van der Waals surface area contributed by atoms with Gasteiger partial charge in [-0.25, -0.2) is 0 Å². The quantitative estimate of drug-likeness (QED) is 0.770. The molecule has 0 aliphatic carbocycles. The Hall–Kier alpha value is -1.88. The van der Waals surface area contributed by atoms with Gasteiger partial charge in [-0.3, -0.25) is 9.59 Å². The molecule has 0 spiro atoms. The molecule has 114 valence electrons. The van der Waals surface area contributed by atoms with Crippen LogP contribution in [0.4, 0.5) is 0 Å². The highest BCUT2D eigenvalue weighted by molar-refractivity contribution is 5.77. The second-order valence-electron chi connectivity index (χ2n) is 5.10. The molecular formula is C16H21NO4. The minimum absolute atomic E-state index is 0.108. The molecule has 1 aromatic carbocycles. The number of rotatable bonds is 5. The van der Waals surface area contributed by atoms with Crippen molar-refractivity contribution in [3.8, 4) is 0 Å². The van der Waals surface area contributed by atoms with Crippen molar-refractivity contribution in [2.45, 2.75) is 25.4 Å². The molecule has 5 nitrogen and oxygen atoms in total. The summed E-state index contributed by atoms with van der Waals surface area (Å²) in [7, 11) is 1.36. The number of ether oxygens (including phenoxy) is 2. The fourth-order valence-corrected chi connectivity index (χ4v) is 2.39. The fourth-order valence-electron chi connectivity index (χ4n) is 2.39. The molecule has 1 atom stereocenters. The summed E-state index contributed by atoms with van der Waals surface area (Å²) in [5, 5.41) is 0. The Labute approximate surface area is 124 Å². The maximum Gasteiger partial charge on any atom is 0.308 e. The number of hydrogen-bond donors (Lipinski definition) is 0. The van der Waals surface area contributed by atoms with Gasteiger partial charge >= 0.3 is 5.97 Å². The first kappa shape index (κ1) is 15.5. The Morgan fingerprint density at radius 1 is 1.33 bits per heavy atom. The Kier molecular flexibility index (Phi) is 5.75. The van der Waals surface area contributed by atoms with Gasteiger partial charge in [0.2, 0.25) is 5.91 Å². The molecule has 0 N–H and O–H groups in total. The van der Waals surface area contributed by atoms with E-state index < -0.39 is 0 Å². The molecular weight excluding hydrogens is 270 g/mol. The van der Waals surface area contributed by atoms with Crippen LogP contribution in [-0.2, 0) is 25.5 Å². The van der Waals surface area contributed by atoms with Gasteiger partial charge in [-0.15, -0.1) is 0 Å². The molecule has 1 saturated heterocycles. The van der Waals surface area contributed by atoms with Crippen molar-refractivity contribution in [3.05, 3.63) is 35.9 Å². The molecule has 0 aromatic heterocycles. The van der Waals surface area contributed by atoms with Gasteiger partial charge in [0.25, 0.3) is 0 Å². The fraction of sp³-hybridized carbons (Fsp3) is 0.500. The van der Waals surface area contributed by atoms with Crippen LogP contribution in [-0.4, -0.2) is 49.7 Å². The zero-order valence-electron chi connectivity index (χ0n) is 12.3. The van der Waals surface area contributed by atoms with Crippen molar-refractivity contribution < 1.29 is 19.1 Å². The summed E-state index contributed by atoms with van der Waals surface area (Å²) < 4.78 is 10.1. The third-order valence-corrected chi connectivity index (χ3v) is 3.58. The van der Waals surface area contributed by atoms with E-state index in [1.807, 2.05) is 30.3 Å². The van der Waals surface area contributed by atoms with E-state index >= 15 is 0 Å². The van der Waals surface area contributed by atoms with E-state index in [2.05, 4.69) is 4.74 Å². The van der Waals surface area contributed by atoms with Crippen LogP contribution in [0.3, 0.4) is 0 Å². The summed E-state index contributed by atoms with van der Waals surface area (Å²) in [4.78, 5) is 25.3. The summed E-state index contributed by atoms with van der Waals surface area (Å²) in [6, 6.07) is 9.95. The first-order valence-electron chi connectivity index (χ1n) is 7.19. The number of amides is 1. The van der Waals surface area contributed by atoms with Crippen LogP contribution in [0.1, 0.15) is 18.4 Å². The van der Waals surface area contributed by atoms with Gasteiger partial charge in [0.1, 0.15) is 0 Å². The lowest BCUT2D eigenvalue weighted by molar-refractivity contribution is -0.150. The lowest BCUT2D eigenvalue weighted by Gasteiger charge is -2.32. The van der Waals surface area contributed by atoms with Crippen molar-refractivity contribution >= 4 is 11.9 Å². The van der Waals surface area contributed by atoms with Gasteiger partial charge in [-0.05, 0) is 12.0 Å². The van der Waals surface area contributed by atoms with E-state index in [1.54, 1.807) is 4.90 Å². The smallest absolute Gasteiger partial charge is 0.308 e. The van der Waals surface area contributed by atoms with E-state index in [0.717, 1.165) is 12.0 Å². The number of nitrogens with zero attached hydrogens (tertiary/aromatic N) is 1. The minimum atomic E-state index is -0.307. The summed E-state index contributed by atoms with van der Waals surface area (Å²) >= 11 is 0. The zero-order chi connectivity index (χ0) is 15.1. The van der Waals surface area contributed by atoms with Gasteiger partial charge in [0.05, 0.1) is 26.2 Å². The third kappa shape index (κ3) is 4.86. The molecule has 5 heteroatoms. The number of aryl methyl sites for hydroxylation is 1. The normalized spacial score (nSPS) is 18.3. The summed E-state index contributed by atoms with van der Waals surface area (Å²) in [6.07, 6.45) is 1.15. The van der Waals surface area contributed by atoms with E-state index in [1.165, 1.54) is 7.11 Å². The molecule has 0 bridgehead atoms. The largest absolute Gasteiger partial charge is 0.469 e. The van der Waals surface area contributed by atoms with Crippen molar-refractivity contribution in [2.24, 2.45) is 0 Å². The molecule has 21 heavy (non-hydrogen) atoms. The molecule has 0 saturated carbocycles. The Morgan fingerprint density at radius 2 is 2.10 bits per heavy atom. The van der Waals surface area contributed by atoms with Crippen LogP contribution in [0, 0.1) is 0 Å². The van der Waals surface area contributed by atoms with Gasteiger partial charge < -0.3 is 14.4 Å². The summed E-state index contributed by atoms with van der Waals surface area (Å²) in [6.45, 7) is 1.52. The second kappa shape index (κ2) is 7.78. The number of hydrogen-bond acceptors (Lipinski definition) is 4. The Morgan fingerprint density at radius 3 is 2.81 bits per heavy atom. The van der Waals surface area contributed by atoms with Gasteiger partial charge in [0.15, 0.2) is 0 Å². The van der Waals surface area contributed by atoms with Crippen LogP contribution in [0.15, 0.2) is 30.3 Å². The molecule has 1 amide bonds. The lowest BCUT2D eigenvalue weighted by atomic mass is 10.1. The third-order valence-electron chi connectivity index (χ3n) is 3.58. The second-order valence-corrected chi connectivity index (χ2v) is 5.10.